The van der Waals surface area contributed by atoms with Crippen molar-refractivity contribution >= 4 is 20.1 Å². The Balaban J connectivity index is 1.42. The molecular formula is C25H35N7O11P+. The number of hydrogen-bond acceptors (Lipinski definition) is 12. The maximum Gasteiger partial charge on any atom is 0.616 e. The Morgan fingerprint density at radius 3 is 2.16 bits per heavy atom. The molecule has 2 fully saturated rings. The van der Waals surface area contributed by atoms with Crippen molar-refractivity contribution in [1.82, 2.24) is 34.4 Å². The molecule has 4 N–H and O–H groups in total. The average molecular weight is 641 g/mol. The van der Waals surface area contributed by atoms with Crippen LogP contribution in [0, 0.1) is 13.8 Å². The topological polar surface area (TPSA) is 225 Å². The summed E-state index contributed by atoms with van der Waals surface area (Å²) in [6.45, 7) is 3.24. The monoisotopic (exact) mass is 640 g/mol. The second-order valence-electron chi connectivity index (χ2n) is 10.3. The molecule has 2 aliphatic heterocycles. The summed E-state index contributed by atoms with van der Waals surface area (Å²) in [7, 11) is -1.07. The first-order valence-corrected chi connectivity index (χ1v) is 14.9. The molecule has 240 valence electrons. The highest BCUT2D eigenvalue weighted by Crippen LogP contribution is 2.35. The first-order valence-electron chi connectivity index (χ1n) is 13.8. The smallest absolute Gasteiger partial charge is 0.463 e. The van der Waals surface area contributed by atoms with E-state index in [1.807, 2.05) is 0 Å². The van der Waals surface area contributed by atoms with Crippen LogP contribution in [0.4, 0.5) is 0 Å². The van der Waals surface area contributed by atoms with Gasteiger partial charge in [0, 0.05) is 50.1 Å². The van der Waals surface area contributed by atoms with Crippen LogP contribution in [0.5, 0.6) is 0 Å². The third-order valence-corrected chi connectivity index (χ3v) is 8.11. The van der Waals surface area contributed by atoms with E-state index in [2.05, 4.69) is 20.6 Å². The summed E-state index contributed by atoms with van der Waals surface area (Å²) in [4.78, 5) is 76.5. The molecule has 0 aromatic carbocycles. The van der Waals surface area contributed by atoms with Crippen molar-refractivity contribution in [3.63, 3.8) is 0 Å². The molecule has 0 saturated carbocycles. The number of rotatable bonds is 11. The lowest BCUT2D eigenvalue weighted by atomic mass is 10.3. The van der Waals surface area contributed by atoms with Crippen molar-refractivity contribution in [3.8, 4) is 0 Å². The van der Waals surface area contributed by atoms with Crippen LogP contribution in [0.2, 0.25) is 0 Å². The van der Waals surface area contributed by atoms with Crippen LogP contribution in [0.25, 0.3) is 0 Å². The average Bonchev–Trinajstić information content (AvgIpc) is 3.01. The highest BCUT2D eigenvalue weighted by molar-refractivity contribution is 7.36. The number of amides is 1. The summed E-state index contributed by atoms with van der Waals surface area (Å²) < 4.78 is 40.0. The van der Waals surface area contributed by atoms with E-state index in [1.165, 1.54) is 35.6 Å². The summed E-state index contributed by atoms with van der Waals surface area (Å²) in [6.07, 6.45) is -0.709. The third-order valence-electron chi connectivity index (χ3n) is 6.95. The molecule has 1 amide bonds. The van der Waals surface area contributed by atoms with Crippen LogP contribution in [-0.4, -0.2) is 94.3 Å². The molecule has 18 nitrogen and oxygen atoms in total. The largest absolute Gasteiger partial charge is 0.616 e. The number of nitrogens with zero attached hydrogens (tertiary/aromatic N) is 3. The first kappa shape index (κ1) is 33.1. The summed E-state index contributed by atoms with van der Waals surface area (Å²) in [5.74, 6) is -0.967. The van der Waals surface area contributed by atoms with Gasteiger partial charge in [-0.2, -0.15) is 0 Å². The summed E-state index contributed by atoms with van der Waals surface area (Å²) in [5.41, 5.74) is -1.85. The van der Waals surface area contributed by atoms with Crippen LogP contribution in [0.1, 0.15) is 36.4 Å². The number of H-pyrrole nitrogens is 2. The molecular weight excluding hydrogens is 605 g/mol. The second kappa shape index (κ2) is 14.8. The molecule has 19 heteroatoms. The van der Waals surface area contributed by atoms with Crippen molar-refractivity contribution in [1.29, 1.82) is 0 Å². The zero-order chi connectivity index (χ0) is 32.0. The molecule has 2 aliphatic rings. The van der Waals surface area contributed by atoms with E-state index in [4.69, 9.17) is 18.7 Å². The lowest BCUT2D eigenvalue weighted by Gasteiger charge is -2.33. The van der Waals surface area contributed by atoms with Gasteiger partial charge in [-0.15, -0.1) is 4.52 Å². The van der Waals surface area contributed by atoms with Gasteiger partial charge in [0.05, 0.1) is 19.5 Å². The summed E-state index contributed by atoms with van der Waals surface area (Å²) in [6, 6.07) is 0. The minimum atomic E-state index is -2.52. The van der Waals surface area contributed by atoms with E-state index in [-0.39, 0.29) is 57.2 Å². The standard InChI is InChI=1S/C25H34N7O11P/c1-14-8-31(24(37)28-22(14)35)19-7-27-6-16(42-19)13-41-44(39)30-10-17(12-40-21(34)5-4-18(33)26-3)43-20(11-30)32-9-15(2)23(36)29-25(32)38/h8-9,16-17,19-20,27H,4-7,10-13H2,1-3H3,(H2-,26,28,29,33,35,36,37,38)/p+1/t16-,17-,19+,20+/m0/s1. The Morgan fingerprint density at radius 1 is 0.909 bits per heavy atom. The van der Waals surface area contributed by atoms with E-state index in [0.29, 0.717) is 12.1 Å². The van der Waals surface area contributed by atoms with Crippen molar-refractivity contribution in [2.75, 3.05) is 46.4 Å². The van der Waals surface area contributed by atoms with E-state index in [0.717, 1.165) is 4.57 Å². The molecule has 2 aromatic rings. The molecule has 0 spiro atoms. The predicted molar refractivity (Wildman–Crippen MR) is 152 cm³/mol. The van der Waals surface area contributed by atoms with E-state index >= 15 is 0 Å². The van der Waals surface area contributed by atoms with Gasteiger partial charge >= 0.3 is 25.5 Å². The molecule has 2 saturated heterocycles. The predicted octanol–water partition coefficient (Wildman–Crippen LogP) is -1.87. The molecule has 44 heavy (non-hydrogen) atoms. The summed E-state index contributed by atoms with van der Waals surface area (Å²) in [5, 5.41) is 5.53. The number of esters is 1. The van der Waals surface area contributed by atoms with Gasteiger partial charge in [-0.3, -0.25) is 38.3 Å². The van der Waals surface area contributed by atoms with Crippen molar-refractivity contribution < 1.29 is 32.9 Å². The van der Waals surface area contributed by atoms with Gasteiger partial charge in [-0.1, -0.05) is 4.67 Å². The Kier molecular flexibility index (Phi) is 11.1. The maximum atomic E-state index is 13.3. The van der Waals surface area contributed by atoms with Gasteiger partial charge < -0.3 is 24.8 Å². The highest BCUT2D eigenvalue weighted by atomic mass is 31.1. The van der Waals surface area contributed by atoms with Crippen molar-refractivity contribution in [2.24, 2.45) is 0 Å². The fourth-order valence-corrected chi connectivity index (χ4v) is 5.60. The zero-order valence-corrected chi connectivity index (χ0v) is 25.3. The quantitative estimate of drug-likeness (QED) is 0.156. The molecule has 0 aliphatic carbocycles. The first-order chi connectivity index (χ1) is 20.9. The van der Waals surface area contributed by atoms with E-state index in [1.54, 1.807) is 6.92 Å². The van der Waals surface area contributed by atoms with Crippen LogP contribution in [0.3, 0.4) is 0 Å². The van der Waals surface area contributed by atoms with Crippen LogP contribution >= 0.6 is 8.18 Å². The lowest BCUT2D eigenvalue weighted by molar-refractivity contribution is -0.159. The normalized spacial score (nSPS) is 22.8. The fraction of sp³-hybridized carbons (Fsp3) is 0.600. The van der Waals surface area contributed by atoms with Crippen LogP contribution in [0.15, 0.2) is 31.6 Å². The number of morpholine rings is 2. The van der Waals surface area contributed by atoms with Gasteiger partial charge in [-0.25, -0.2) is 9.59 Å². The number of nitrogens with one attached hydrogen (secondary N) is 4. The van der Waals surface area contributed by atoms with Gasteiger partial charge in [0.2, 0.25) is 5.91 Å². The Hall–Kier alpha value is -3.80. The third kappa shape index (κ3) is 8.43. The molecule has 5 atom stereocenters. The fourth-order valence-electron chi connectivity index (χ4n) is 4.55. The highest BCUT2D eigenvalue weighted by Gasteiger charge is 2.42. The van der Waals surface area contributed by atoms with Crippen molar-refractivity contribution in [3.05, 3.63) is 65.2 Å². The Labute approximate surface area is 250 Å². The number of ether oxygens (including phenoxy) is 3. The lowest BCUT2D eigenvalue weighted by Crippen LogP contribution is -2.48. The van der Waals surface area contributed by atoms with E-state index in [9.17, 15) is 33.3 Å². The number of aromatic amines is 2. The molecule has 0 radical (unpaired) electrons. The number of hydrogen-bond donors (Lipinski definition) is 4. The van der Waals surface area contributed by atoms with Gasteiger partial charge in [0.25, 0.3) is 11.1 Å². The van der Waals surface area contributed by atoms with Gasteiger partial charge in [0.15, 0.2) is 12.5 Å². The zero-order valence-electron chi connectivity index (χ0n) is 24.4. The SMILES string of the molecule is CNC(=O)CCC(=O)OC[C@@H]1CN([P+](=O)OC[C@@H]2CNC[C@H](n3cc(C)c(=O)[nH]c3=O)O2)C[C@H](n2cc(C)c(=O)[nH]c2=O)O1. The molecule has 4 rings (SSSR count). The minimum Gasteiger partial charge on any atom is -0.463 e. The molecule has 2 aromatic heterocycles. The number of aryl methyl sites for hydroxylation is 2. The number of carbonyl (C=O) groups is 2. The number of carbonyl (C=O) groups excluding carboxylic acids is 2. The maximum absolute atomic E-state index is 13.3. The van der Waals surface area contributed by atoms with Crippen LogP contribution in [-0.2, 0) is 32.9 Å². The Morgan fingerprint density at radius 2 is 1.52 bits per heavy atom. The number of aromatic nitrogens is 4. The van der Waals surface area contributed by atoms with Gasteiger partial charge in [0.1, 0.15) is 25.4 Å². The summed E-state index contributed by atoms with van der Waals surface area (Å²) >= 11 is 0. The van der Waals surface area contributed by atoms with Crippen molar-refractivity contribution in [2.45, 2.75) is 51.4 Å². The molecule has 1 unspecified atom stereocenters. The second-order valence-corrected chi connectivity index (χ2v) is 11.6. The van der Waals surface area contributed by atoms with E-state index < -0.39 is 61.3 Å². The minimum absolute atomic E-state index is 0.00393. The van der Waals surface area contributed by atoms with Crippen LogP contribution < -0.4 is 33.1 Å². The Bertz CT molecular complexity index is 1620. The van der Waals surface area contributed by atoms with Gasteiger partial charge in [-0.05, 0) is 18.4 Å². The molecule has 0 bridgehead atoms. The molecule has 4 heterocycles.